The van der Waals surface area contributed by atoms with Crippen LogP contribution in [-0.4, -0.2) is 11.0 Å². The number of ether oxygens (including phenoxy) is 1. The van der Waals surface area contributed by atoms with Crippen molar-refractivity contribution in [3.63, 3.8) is 0 Å². The van der Waals surface area contributed by atoms with E-state index in [1.165, 1.54) is 24.3 Å². The molecule has 0 aliphatic rings. The van der Waals surface area contributed by atoms with Crippen LogP contribution in [0.4, 0.5) is 8.78 Å². The highest BCUT2D eigenvalue weighted by molar-refractivity contribution is 6.32. The fraction of sp³-hybridized carbons (Fsp3) is 0.0714. The van der Waals surface area contributed by atoms with Crippen molar-refractivity contribution >= 4 is 17.4 Å². The van der Waals surface area contributed by atoms with Gasteiger partial charge in [-0.25, -0.2) is 8.78 Å². The van der Waals surface area contributed by atoms with Gasteiger partial charge in [-0.2, -0.15) is 0 Å². The first-order valence-corrected chi connectivity index (χ1v) is 6.23. The lowest BCUT2D eigenvalue weighted by molar-refractivity contribution is 0.304. The third kappa shape index (κ3) is 3.61. The Labute approximate surface area is 124 Å². The third-order valence-electron chi connectivity index (χ3n) is 2.73. The minimum Gasteiger partial charge on any atom is -0.487 e. The van der Waals surface area contributed by atoms with E-state index in [9.17, 15) is 8.78 Å². The second-order valence-electron chi connectivity index (χ2n) is 4.15. The molecular formula is C14H11ClF2N2O2. The Morgan fingerprint density at radius 3 is 2.52 bits per heavy atom. The molecule has 0 radical (unpaired) electrons. The average molecular weight is 313 g/mol. The lowest BCUT2D eigenvalue weighted by atomic mass is 10.1. The summed E-state index contributed by atoms with van der Waals surface area (Å²) in [6.07, 6.45) is 0. The first-order chi connectivity index (χ1) is 10.0. The predicted octanol–water partition coefficient (Wildman–Crippen LogP) is 3.29. The van der Waals surface area contributed by atoms with Crippen LogP contribution in [0.3, 0.4) is 0 Å². The molecule has 110 valence electrons. The standard InChI is InChI=1S/C14H11ClF2N2O2/c15-12-6-10(17)3-4-13(12)21-7-8-1-2-9(16)5-11(8)14(18)19-20/h1-6,20H,7H2,(H2,18,19). The van der Waals surface area contributed by atoms with Crippen LogP contribution < -0.4 is 10.5 Å². The molecule has 0 unspecified atom stereocenters. The van der Waals surface area contributed by atoms with Gasteiger partial charge in [0.25, 0.3) is 0 Å². The summed E-state index contributed by atoms with van der Waals surface area (Å²) in [6, 6.07) is 7.49. The van der Waals surface area contributed by atoms with E-state index >= 15 is 0 Å². The van der Waals surface area contributed by atoms with E-state index < -0.39 is 11.6 Å². The zero-order chi connectivity index (χ0) is 15.4. The molecule has 0 spiro atoms. The zero-order valence-electron chi connectivity index (χ0n) is 10.7. The summed E-state index contributed by atoms with van der Waals surface area (Å²) < 4.78 is 31.6. The van der Waals surface area contributed by atoms with Crippen LogP contribution in [0.1, 0.15) is 11.1 Å². The van der Waals surface area contributed by atoms with Gasteiger partial charge in [-0.1, -0.05) is 22.8 Å². The maximum Gasteiger partial charge on any atom is 0.170 e. The molecule has 21 heavy (non-hydrogen) atoms. The smallest absolute Gasteiger partial charge is 0.170 e. The second-order valence-corrected chi connectivity index (χ2v) is 4.56. The monoisotopic (exact) mass is 312 g/mol. The van der Waals surface area contributed by atoms with Gasteiger partial charge in [0.05, 0.1) is 5.02 Å². The molecule has 0 bridgehead atoms. The van der Waals surface area contributed by atoms with Crippen molar-refractivity contribution in [1.29, 1.82) is 0 Å². The molecule has 0 fully saturated rings. The molecule has 0 aliphatic carbocycles. The highest BCUT2D eigenvalue weighted by Crippen LogP contribution is 2.26. The van der Waals surface area contributed by atoms with Gasteiger partial charge >= 0.3 is 0 Å². The summed E-state index contributed by atoms with van der Waals surface area (Å²) in [7, 11) is 0. The molecule has 0 saturated heterocycles. The minimum atomic E-state index is -0.528. The molecule has 0 heterocycles. The number of benzene rings is 2. The van der Waals surface area contributed by atoms with Crippen molar-refractivity contribution in [2.45, 2.75) is 6.61 Å². The van der Waals surface area contributed by atoms with Crippen molar-refractivity contribution < 1.29 is 18.7 Å². The Balaban J connectivity index is 2.24. The number of rotatable bonds is 4. The summed E-state index contributed by atoms with van der Waals surface area (Å²) >= 11 is 5.84. The second kappa shape index (κ2) is 6.41. The molecule has 0 aliphatic heterocycles. The van der Waals surface area contributed by atoms with Gasteiger partial charge in [0.15, 0.2) is 5.84 Å². The quantitative estimate of drug-likeness (QED) is 0.394. The normalized spacial score (nSPS) is 11.5. The molecule has 4 nitrogen and oxygen atoms in total. The summed E-state index contributed by atoms with van der Waals surface area (Å²) in [6.45, 7) is -0.00279. The lowest BCUT2D eigenvalue weighted by Gasteiger charge is -2.11. The van der Waals surface area contributed by atoms with Crippen molar-refractivity contribution in [3.05, 3.63) is 64.2 Å². The summed E-state index contributed by atoms with van der Waals surface area (Å²) in [5, 5.41) is 11.7. The van der Waals surface area contributed by atoms with Crippen LogP contribution in [0.15, 0.2) is 41.6 Å². The Hall–Kier alpha value is -2.34. The Morgan fingerprint density at radius 2 is 1.86 bits per heavy atom. The molecule has 0 atom stereocenters. The van der Waals surface area contributed by atoms with Gasteiger partial charge in [-0.3, -0.25) is 0 Å². The van der Waals surface area contributed by atoms with E-state index in [0.29, 0.717) is 5.56 Å². The molecule has 2 aromatic carbocycles. The van der Waals surface area contributed by atoms with Crippen molar-refractivity contribution in [2.75, 3.05) is 0 Å². The van der Waals surface area contributed by atoms with Crippen LogP contribution in [0.25, 0.3) is 0 Å². The fourth-order valence-corrected chi connectivity index (χ4v) is 1.94. The van der Waals surface area contributed by atoms with Crippen LogP contribution >= 0.6 is 11.6 Å². The highest BCUT2D eigenvalue weighted by Gasteiger charge is 2.11. The fourth-order valence-electron chi connectivity index (χ4n) is 1.71. The van der Waals surface area contributed by atoms with Crippen molar-refractivity contribution in [3.8, 4) is 5.75 Å². The maximum absolute atomic E-state index is 13.2. The molecule has 0 saturated carbocycles. The number of oxime groups is 1. The van der Waals surface area contributed by atoms with Crippen LogP contribution in [0, 0.1) is 11.6 Å². The van der Waals surface area contributed by atoms with Gasteiger partial charge in [0.1, 0.15) is 24.0 Å². The van der Waals surface area contributed by atoms with E-state index in [4.69, 9.17) is 27.3 Å². The summed E-state index contributed by atoms with van der Waals surface area (Å²) in [4.78, 5) is 0. The Morgan fingerprint density at radius 1 is 1.19 bits per heavy atom. The largest absolute Gasteiger partial charge is 0.487 e. The van der Waals surface area contributed by atoms with Gasteiger partial charge in [0, 0.05) is 11.1 Å². The SMILES string of the molecule is NC(=NO)c1cc(F)ccc1COc1ccc(F)cc1Cl. The van der Waals surface area contributed by atoms with Gasteiger partial charge in [-0.05, 0) is 30.3 Å². The van der Waals surface area contributed by atoms with Crippen molar-refractivity contribution in [2.24, 2.45) is 10.9 Å². The maximum atomic E-state index is 13.2. The number of halogens is 3. The number of nitrogens with two attached hydrogens (primary N) is 1. The predicted molar refractivity (Wildman–Crippen MR) is 74.7 cm³/mol. The Bertz CT molecular complexity index is 693. The summed E-state index contributed by atoms with van der Waals surface area (Å²) in [5.41, 5.74) is 6.18. The number of hydrogen-bond acceptors (Lipinski definition) is 3. The van der Waals surface area contributed by atoms with E-state index in [-0.39, 0.29) is 28.8 Å². The van der Waals surface area contributed by atoms with E-state index in [2.05, 4.69) is 5.16 Å². The van der Waals surface area contributed by atoms with Gasteiger partial charge < -0.3 is 15.7 Å². The van der Waals surface area contributed by atoms with E-state index in [1.54, 1.807) is 0 Å². The molecule has 2 aromatic rings. The molecule has 0 aromatic heterocycles. The van der Waals surface area contributed by atoms with E-state index in [1.807, 2.05) is 0 Å². The summed E-state index contributed by atoms with van der Waals surface area (Å²) in [5.74, 6) is -0.974. The third-order valence-corrected chi connectivity index (χ3v) is 3.03. The van der Waals surface area contributed by atoms with E-state index in [0.717, 1.165) is 12.1 Å². The molecular weight excluding hydrogens is 302 g/mol. The molecule has 0 amide bonds. The lowest BCUT2D eigenvalue weighted by Crippen LogP contribution is -2.17. The average Bonchev–Trinajstić information content (AvgIpc) is 2.46. The Kier molecular flexibility index (Phi) is 4.59. The molecule has 2 rings (SSSR count). The highest BCUT2D eigenvalue weighted by atomic mass is 35.5. The zero-order valence-corrected chi connectivity index (χ0v) is 11.4. The van der Waals surface area contributed by atoms with Crippen LogP contribution in [-0.2, 0) is 6.61 Å². The van der Waals surface area contributed by atoms with Crippen LogP contribution in [0.5, 0.6) is 5.75 Å². The number of hydrogen-bond donors (Lipinski definition) is 2. The van der Waals surface area contributed by atoms with Crippen LogP contribution in [0.2, 0.25) is 5.02 Å². The minimum absolute atomic E-state index is 0.00279. The first-order valence-electron chi connectivity index (χ1n) is 5.85. The molecule has 3 N–H and O–H groups in total. The number of nitrogens with zero attached hydrogens (tertiary/aromatic N) is 1. The number of amidine groups is 1. The molecule has 7 heteroatoms. The van der Waals surface area contributed by atoms with Gasteiger partial charge in [-0.15, -0.1) is 0 Å². The first kappa shape index (κ1) is 15.1. The van der Waals surface area contributed by atoms with Gasteiger partial charge in [0.2, 0.25) is 0 Å². The van der Waals surface area contributed by atoms with Crippen molar-refractivity contribution in [1.82, 2.24) is 0 Å². The topological polar surface area (TPSA) is 67.8 Å².